The van der Waals surface area contributed by atoms with E-state index in [4.69, 9.17) is 0 Å². The van der Waals surface area contributed by atoms with Crippen molar-refractivity contribution in [2.75, 3.05) is 5.32 Å². The first-order chi connectivity index (χ1) is 5.24. The van der Waals surface area contributed by atoms with Gasteiger partial charge in [0.25, 0.3) is 0 Å². The average molecular weight is 170 g/mol. The first kappa shape index (κ1) is 8.53. The van der Waals surface area contributed by atoms with Crippen molar-refractivity contribution >= 4 is 16.3 Å². The molecule has 0 radical (unpaired) electrons. The van der Waals surface area contributed by atoms with E-state index in [9.17, 15) is 0 Å². The number of thiazole rings is 1. The monoisotopic (exact) mass is 170 g/mol. The highest BCUT2D eigenvalue weighted by molar-refractivity contribution is 7.14. The van der Waals surface area contributed by atoms with Gasteiger partial charge in [0.05, 0.1) is 11.2 Å². The van der Waals surface area contributed by atoms with Gasteiger partial charge in [-0.1, -0.05) is 6.92 Å². The molecule has 0 saturated carbocycles. The molecule has 1 heterocycles. The van der Waals surface area contributed by atoms with Crippen LogP contribution in [0.4, 0.5) is 5.00 Å². The summed E-state index contributed by atoms with van der Waals surface area (Å²) in [6, 6.07) is 0.501. The molecule has 0 bridgehead atoms. The van der Waals surface area contributed by atoms with Crippen molar-refractivity contribution in [3.63, 3.8) is 0 Å². The van der Waals surface area contributed by atoms with Crippen LogP contribution in [-0.4, -0.2) is 11.0 Å². The molecule has 0 fully saturated rings. The summed E-state index contributed by atoms with van der Waals surface area (Å²) in [6.45, 7) is 6.40. The maximum absolute atomic E-state index is 4.24. The number of nitrogens with one attached hydrogen (secondary N) is 1. The predicted molar refractivity (Wildman–Crippen MR) is 50.3 cm³/mol. The number of aryl methyl sites for hydroxylation is 1. The lowest BCUT2D eigenvalue weighted by molar-refractivity contribution is 0.896. The Hall–Kier alpha value is -0.570. The summed E-state index contributed by atoms with van der Waals surface area (Å²) in [5.41, 5.74) is 3.08. The number of anilines is 1. The standard InChI is InChI=1S/C8H14N2S/c1-4-7-8(10-6(2)3)11-5-9-7/h5-6,10H,4H2,1-3H3. The van der Waals surface area contributed by atoms with Crippen molar-refractivity contribution in [3.8, 4) is 0 Å². The van der Waals surface area contributed by atoms with Crippen molar-refractivity contribution in [3.05, 3.63) is 11.2 Å². The highest BCUT2D eigenvalue weighted by atomic mass is 32.1. The highest BCUT2D eigenvalue weighted by Gasteiger charge is 2.03. The predicted octanol–water partition coefficient (Wildman–Crippen LogP) is 2.53. The Bertz CT molecular complexity index is 218. The Kier molecular flexibility index (Phi) is 2.88. The van der Waals surface area contributed by atoms with Gasteiger partial charge in [0.15, 0.2) is 0 Å². The fourth-order valence-corrected chi connectivity index (χ4v) is 1.82. The van der Waals surface area contributed by atoms with Crippen LogP contribution < -0.4 is 5.32 Å². The van der Waals surface area contributed by atoms with Gasteiger partial charge in [-0.3, -0.25) is 0 Å². The third-order valence-electron chi connectivity index (χ3n) is 1.40. The van der Waals surface area contributed by atoms with Crippen LogP contribution in [0, 0.1) is 0 Å². The zero-order chi connectivity index (χ0) is 8.27. The maximum Gasteiger partial charge on any atom is 0.112 e. The number of hydrogen-bond acceptors (Lipinski definition) is 3. The molecule has 0 aromatic carbocycles. The van der Waals surface area contributed by atoms with Crippen LogP contribution in [0.1, 0.15) is 26.5 Å². The molecule has 11 heavy (non-hydrogen) atoms. The van der Waals surface area contributed by atoms with Gasteiger partial charge in [0, 0.05) is 6.04 Å². The molecule has 1 N–H and O–H groups in total. The zero-order valence-corrected chi connectivity index (χ0v) is 8.03. The fourth-order valence-electron chi connectivity index (χ4n) is 0.901. The summed E-state index contributed by atoms with van der Waals surface area (Å²) in [5.74, 6) is 0. The van der Waals surface area contributed by atoms with E-state index in [-0.39, 0.29) is 0 Å². The van der Waals surface area contributed by atoms with Crippen LogP contribution >= 0.6 is 11.3 Å². The van der Waals surface area contributed by atoms with Gasteiger partial charge in [-0.15, -0.1) is 11.3 Å². The van der Waals surface area contributed by atoms with Crippen LogP contribution in [0.15, 0.2) is 5.51 Å². The van der Waals surface area contributed by atoms with Crippen LogP contribution in [0.2, 0.25) is 0 Å². The van der Waals surface area contributed by atoms with Gasteiger partial charge >= 0.3 is 0 Å². The molecule has 0 aliphatic heterocycles. The topological polar surface area (TPSA) is 24.9 Å². The van der Waals surface area contributed by atoms with E-state index in [1.807, 2.05) is 5.51 Å². The summed E-state index contributed by atoms with van der Waals surface area (Å²) >= 11 is 1.68. The SMILES string of the molecule is CCc1ncsc1NC(C)C. The largest absolute Gasteiger partial charge is 0.373 e. The molecule has 0 aliphatic rings. The van der Waals surface area contributed by atoms with E-state index in [0.29, 0.717) is 6.04 Å². The van der Waals surface area contributed by atoms with Crippen molar-refractivity contribution in [1.82, 2.24) is 4.98 Å². The molecule has 1 aromatic heterocycles. The molecule has 1 aromatic rings. The molecular weight excluding hydrogens is 156 g/mol. The lowest BCUT2D eigenvalue weighted by Gasteiger charge is -2.07. The van der Waals surface area contributed by atoms with Gasteiger partial charge < -0.3 is 5.32 Å². The van der Waals surface area contributed by atoms with E-state index in [2.05, 4.69) is 31.1 Å². The number of aromatic nitrogens is 1. The van der Waals surface area contributed by atoms with Gasteiger partial charge in [0.1, 0.15) is 5.00 Å². The lowest BCUT2D eigenvalue weighted by atomic mass is 10.3. The molecule has 0 amide bonds. The normalized spacial score (nSPS) is 10.5. The molecule has 0 atom stereocenters. The van der Waals surface area contributed by atoms with Gasteiger partial charge in [-0.05, 0) is 20.3 Å². The smallest absolute Gasteiger partial charge is 0.112 e. The molecule has 0 saturated heterocycles. The Labute approximate surface area is 71.7 Å². The molecule has 3 heteroatoms. The molecule has 1 rings (SSSR count). The first-order valence-corrected chi connectivity index (χ1v) is 4.81. The summed E-state index contributed by atoms with van der Waals surface area (Å²) in [6.07, 6.45) is 1.01. The summed E-state index contributed by atoms with van der Waals surface area (Å²) < 4.78 is 0. The molecule has 0 spiro atoms. The lowest BCUT2D eigenvalue weighted by Crippen LogP contribution is -2.09. The van der Waals surface area contributed by atoms with Crippen molar-refractivity contribution in [2.24, 2.45) is 0 Å². The van der Waals surface area contributed by atoms with Gasteiger partial charge in [0.2, 0.25) is 0 Å². The van der Waals surface area contributed by atoms with Crippen LogP contribution in [0.25, 0.3) is 0 Å². The zero-order valence-electron chi connectivity index (χ0n) is 7.22. The Balaban J connectivity index is 2.68. The quantitative estimate of drug-likeness (QED) is 0.754. The van der Waals surface area contributed by atoms with Crippen LogP contribution in [-0.2, 0) is 6.42 Å². The summed E-state index contributed by atoms with van der Waals surface area (Å²) in [4.78, 5) is 4.24. The third kappa shape index (κ3) is 2.19. The summed E-state index contributed by atoms with van der Waals surface area (Å²) in [5, 5.41) is 4.58. The first-order valence-electron chi connectivity index (χ1n) is 3.93. The Morgan fingerprint density at radius 2 is 2.36 bits per heavy atom. The molecule has 0 aliphatic carbocycles. The second-order valence-corrected chi connectivity index (χ2v) is 3.64. The Morgan fingerprint density at radius 1 is 1.64 bits per heavy atom. The van der Waals surface area contributed by atoms with Gasteiger partial charge in [-0.2, -0.15) is 0 Å². The fraction of sp³-hybridized carbons (Fsp3) is 0.625. The van der Waals surface area contributed by atoms with Gasteiger partial charge in [-0.25, -0.2) is 4.98 Å². The van der Waals surface area contributed by atoms with E-state index in [0.717, 1.165) is 6.42 Å². The summed E-state index contributed by atoms with van der Waals surface area (Å²) in [7, 11) is 0. The maximum atomic E-state index is 4.24. The second-order valence-electron chi connectivity index (χ2n) is 2.78. The minimum atomic E-state index is 0.501. The van der Waals surface area contributed by atoms with E-state index in [1.54, 1.807) is 11.3 Å². The van der Waals surface area contributed by atoms with E-state index < -0.39 is 0 Å². The number of nitrogens with zero attached hydrogens (tertiary/aromatic N) is 1. The average Bonchev–Trinajstić information content (AvgIpc) is 2.34. The van der Waals surface area contributed by atoms with Crippen molar-refractivity contribution in [2.45, 2.75) is 33.2 Å². The Morgan fingerprint density at radius 3 is 2.91 bits per heavy atom. The number of rotatable bonds is 3. The second kappa shape index (κ2) is 3.72. The molecule has 0 unspecified atom stereocenters. The van der Waals surface area contributed by atoms with E-state index in [1.165, 1.54) is 10.7 Å². The number of hydrogen-bond donors (Lipinski definition) is 1. The minimum Gasteiger partial charge on any atom is -0.373 e. The van der Waals surface area contributed by atoms with Crippen LogP contribution in [0.3, 0.4) is 0 Å². The van der Waals surface area contributed by atoms with Crippen LogP contribution in [0.5, 0.6) is 0 Å². The van der Waals surface area contributed by atoms with E-state index >= 15 is 0 Å². The minimum absolute atomic E-state index is 0.501. The van der Waals surface area contributed by atoms with Crippen molar-refractivity contribution < 1.29 is 0 Å². The van der Waals surface area contributed by atoms with Crippen molar-refractivity contribution in [1.29, 1.82) is 0 Å². The molecule has 2 nitrogen and oxygen atoms in total. The molecule has 62 valence electrons. The third-order valence-corrected chi connectivity index (χ3v) is 2.20. The molecular formula is C8H14N2S. The highest BCUT2D eigenvalue weighted by Crippen LogP contribution is 2.20.